The molecule has 0 saturated carbocycles. The fourth-order valence-electron chi connectivity index (χ4n) is 1.08. The van der Waals surface area contributed by atoms with Crippen LogP contribution in [0.4, 0.5) is 17.6 Å². The molecule has 0 fully saturated rings. The highest BCUT2D eigenvalue weighted by Crippen LogP contribution is 2.34. The molecule has 1 heterocycles. The average molecular weight is 252 g/mol. The fraction of sp³-hybridized carbons (Fsp3) is 0.333. The summed E-state index contributed by atoms with van der Waals surface area (Å²) >= 11 is 0. The highest BCUT2D eigenvalue weighted by Gasteiger charge is 2.38. The summed E-state index contributed by atoms with van der Waals surface area (Å²) in [6, 6.07) is 0.406. The molecule has 0 amide bonds. The van der Waals surface area contributed by atoms with Crippen molar-refractivity contribution < 1.29 is 27.5 Å². The zero-order valence-corrected chi connectivity index (χ0v) is 8.62. The SMILES string of the molecule is C=C(C)C(F)(F)c1cc(C(=O)O)n(C(F)F)n1. The molecule has 1 rings (SSSR count). The van der Waals surface area contributed by atoms with Crippen molar-refractivity contribution in [1.29, 1.82) is 0 Å². The Balaban J connectivity index is 3.35. The molecule has 4 nitrogen and oxygen atoms in total. The number of nitrogens with zero attached hydrogens (tertiary/aromatic N) is 2. The number of aromatic nitrogens is 2. The van der Waals surface area contributed by atoms with E-state index in [9.17, 15) is 22.4 Å². The maximum absolute atomic E-state index is 13.4. The van der Waals surface area contributed by atoms with Crippen LogP contribution in [-0.2, 0) is 5.92 Å². The molecule has 0 spiro atoms. The summed E-state index contributed by atoms with van der Waals surface area (Å²) in [5.74, 6) is -5.41. The molecule has 0 aliphatic carbocycles. The second-order valence-corrected chi connectivity index (χ2v) is 3.30. The summed E-state index contributed by atoms with van der Waals surface area (Å²) < 4.78 is 51.2. The van der Waals surface area contributed by atoms with Crippen molar-refractivity contribution in [2.75, 3.05) is 0 Å². The van der Waals surface area contributed by atoms with Gasteiger partial charge in [0, 0.05) is 6.07 Å². The predicted octanol–water partition coefficient (Wildman–Crippen LogP) is 2.64. The maximum atomic E-state index is 13.4. The number of alkyl halides is 4. The van der Waals surface area contributed by atoms with E-state index in [1.54, 1.807) is 0 Å². The summed E-state index contributed by atoms with van der Waals surface area (Å²) in [4.78, 5) is 10.6. The lowest BCUT2D eigenvalue weighted by atomic mass is 10.1. The molecule has 0 radical (unpaired) electrons. The van der Waals surface area contributed by atoms with E-state index < -0.39 is 35.4 Å². The third kappa shape index (κ3) is 2.29. The van der Waals surface area contributed by atoms with E-state index in [0.717, 1.165) is 6.92 Å². The van der Waals surface area contributed by atoms with E-state index in [0.29, 0.717) is 6.07 Å². The second-order valence-electron chi connectivity index (χ2n) is 3.30. The minimum atomic E-state index is -3.65. The van der Waals surface area contributed by atoms with Gasteiger partial charge in [-0.3, -0.25) is 0 Å². The van der Waals surface area contributed by atoms with Crippen LogP contribution < -0.4 is 0 Å². The van der Waals surface area contributed by atoms with Crippen LogP contribution in [0.2, 0.25) is 0 Å². The van der Waals surface area contributed by atoms with Crippen molar-refractivity contribution in [3.8, 4) is 0 Å². The standard InChI is InChI=1S/C9H8F4N2O2/c1-4(2)9(12,13)6-3-5(7(16)17)15(14-6)8(10)11/h3,8H,1H2,2H3,(H,16,17). The Hall–Kier alpha value is -1.86. The van der Waals surface area contributed by atoms with Crippen molar-refractivity contribution in [1.82, 2.24) is 9.78 Å². The maximum Gasteiger partial charge on any atom is 0.354 e. The molecule has 0 atom stereocenters. The van der Waals surface area contributed by atoms with Crippen LogP contribution in [0, 0.1) is 0 Å². The van der Waals surface area contributed by atoms with Crippen LogP contribution in [0.15, 0.2) is 18.2 Å². The monoisotopic (exact) mass is 252 g/mol. The first kappa shape index (κ1) is 13.2. The Morgan fingerprint density at radius 3 is 2.41 bits per heavy atom. The van der Waals surface area contributed by atoms with Gasteiger partial charge in [0.15, 0.2) is 5.69 Å². The van der Waals surface area contributed by atoms with Crippen LogP contribution in [-0.4, -0.2) is 20.9 Å². The van der Waals surface area contributed by atoms with Gasteiger partial charge in [0.25, 0.3) is 0 Å². The zero-order valence-electron chi connectivity index (χ0n) is 8.62. The minimum absolute atomic E-state index is 0.269. The van der Waals surface area contributed by atoms with Crippen LogP contribution >= 0.6 is 0 Å². The average Bonchev–Trinajstić information content (AvgIpc) is 2.61. The van der Waals surface area contributed by atoms with E-state index in [4.69, 9.17) is 5.11 Å². The first-order chi connectivity index (χ1) is 7.67. The third-order valence-corrected chi connectivity index (χ3v) is 2.00. The highest BCUT2D eigenvalue weighted by molar-refractivity contribution is 5.85. The van der Waals surface area contributed by atoms with Gasteiger partial charge in [-0.1, -0.05) is 6.58 Å². The number of hydrogen-bond acceptors (Lipinski definition) is 2. The summed E-state index contributed by atoms with van der Waals surface area (Å²) in [6.45, 7) is 0.676. The van der Waals surface area contributed by atoms with Crippen molar-refractivity contribution >= 4 is 5.97 Å². The number of aromatic carboxylic acids is 1. The summed E-state index contributed by atoms with van der Waals surface area (Å²) in [5.41, 5.74) is -2.69. The molecule has 0 unspecified atom stereocenters. The topological polar surface area (TPSA) is 55.1 Å². The molecule has 1 N–H and O–H groups in total. The quantitative estimate of drug-likeness (QED) is 0.662. The zero-order chi connectivity index (χ0) is 13.4. The van der Waals surface area contributed by atoms with Gasteiger partial charge in [-0.2, -0.15) is 27.3 Å². The van der Waals surface area contributed by atoms with Gasteiger partial charge in [-0.25, -0.2) is 4.79 Å². The number of carboxylic acid groups (broad SMARTS) is 1. The molecule has 94 valence electrons. The van der Waals surface area contributed by atoms with Crippen LogP contribution in [0.3, 0.4) is 0 Å². The smallest absolute Gasteiger partial charge is 0.354 e. The molecular weight excluding hydrogens is 244 g/mol. The van der Waals surface area contributed by atoms with Gasteiger partial charge >= 0.3 is 18.4 Å². The fourth-order valence-corrected chi connectivity index (χ4v) is 1.08. The van der Waals surface area contributed by atoms with Gasteiger partial charge in [0.05, 0.1) is 0 Å². The number of carbonyl (C=O) groups is 1. The number of rotatable bonds is 4. The lowest BCUT2D eigenvalue weighted by Gasteiger charge is -2.12. The molecule has 1 aromatic rings. The molecule has 0 aliphatic rings. The molecule has 0 bridgehead atoms. The van der Waals surface area contributed by atoms with Crippen LogP contribution in [0.1, 0.15) is 29.7 Å². The molecular formula is C9H8F4N2O2. The van der Waals surface area contributed by atoms with E-state index in [2.05, 4.69) is 11.7 Å². The molecule has 0 saturated heterocycles. The Kier molecular flexibility index (Phi) is 3.25. The predicted molar refractivity (Wildman–Crippen MR) is 49.1 cm³/mol. The Bertz CT molecular complexity index is 468. The van der Waals surface area contributed by atoms with Crippen LogP contribution in [0.25, 0.3) is 0 Å². The largest absolute Gasteiger partial charge is 0.477 e. The van der Waals surface area contributed by atoms with Gasteiger partial charge < -0.3 is 5.11 Å². The molecule has 0 aliphatic heterocycles. The van der Waals surface area contributed by atoms with Crippen molar-refractivity contribution in [2.45, 2.75) is 19.4 Å². The molecule has 17 heavy (non-hydrogen) atoms. The van der Waals surface area contributed by atoms with Gasteiger partial charge in [-0.05, 0) is 12.5 Å². The summed E-state index contributed by atoms with van der Waals surface area (Å²) in [5, 5.41) is 11.5. The summed E-state index contributed by atoms with van der Waals surface area (Å²) in [6.07, 6.45) is 0. The van der Waals surface area contributed by atoms with Crippen molar-refractivity contribution in [2.24, 2.45) is 0 Å². The Morgan fingerprint density at radius 2 is 2.12 bits per heavy atom. The molecule has 8 heteroatoms. The summed E-state index contributed by atoms with van der Waals surface area (Å²) in [7, 11) is 0. The normalized spacial score (nSPS) is 11.9. The van der Waals surface area contributed by atoms with Gasteiger partial charge in [0.1, 0.15) is 5.69 Å². The lowest BCUT2D eigenvalue weighted by Crippen LogP contribution is -2.16. The minimum Gasteiger partial charge on any atom is -0.477 e. The van der Waals surface area contributed by atoms with Gasteiger partial charge in [-0.15, -0.1) is 0 Å². The van der Waals surface area contributed by atoms with E-state index in [-0.39, 0.29) is 4.68 Å². The molecule has 0 aromatic carbocycles. The van der Waals surface area contributed by atoms with E-state index in [1.165, 1.54) is 0 Å². The van der Waals surface area contributed by atoms with Crippen LogP contribution in [0.5, 0.6) is 0 Å². The highest BCUT2D eigenvalue weighted by atomic mass is 19.3. The first-order valence-electron chi connectivity index (χ1n) is 4.33. The number of hydrogen-bond donors (Lipinski definition) is 1. The van der Waals surface area contributed by atoms with E-state index >= 15 is 0 Å². The molecule has 1 aromatic heterocycles. The first-order valence-corrected chi connectivity index (χ1v) is 4.33. The lowest BCUT2D eigenvalue weighted by molar-refractivity contribution is 0.0236. The number of halogens is 4. The second kappa shape index (κ2) is 4.19. The third-order valence-electron chi connectivity index (χ3n) is 2.00. The van der Waals surface area contributed by atoms with Crippen molar-refractivity contribution in [3.63, 3.8) is 0 Å². The van der Waals surface area contributed by atoms with Crippen molar-refractivity contribution in [3.05, 3.63) is 29.6 Å². The van der Waals surface area contributed by atoms with Gasteiger partial charge in [0.2, 0.25) is 0 Å². The Labute approximate surface area is 93.2 Å². The Morgan fingerprint density at radius 1 is 1.59 bits per heavy atom. The van der Waals surface area contributed by atoms with E-state index in [1.807, 2.05) is 0 Å². The number of allylic oxidation sites excluding steroid dienone is 1. The number of carboxylic acids is 1.